The second-order valence-electron chi connectivity index (χ2n) is 4.65. The molecule has 0 saturated carbocycles. The second kappa shape index (κ2) is 4.47. The molecule has 1 aromatic rings. The Hall–Kier alpha value is -1.31. The molecule has 0 atom stereocenters. The molecule has 0 radical (unpaired) electrons. The van der Waals surface area contributed by atoms with Gasteiger partial charge < -0.3 is 4.74 Å². The molecule has 2 heteroatoms. The van der Waals surface area contributed by atoms with Gasteiger partial charge in [0.05, 0.1) is 12.6 Å². The first-order valence-corrected chi connectivity index (χ1v) is 5.12. The van der Waals surface area contributed by atoms with Crippen molar-refractivity contribution in [2.45, 2.75) is 33.2 Å². The molecule has 0 unspecified atom stereocenters. The van der Waals surface area contributed by atoms with Crippen LogP contribution < -0.4 is 4.74 Å². The fourth-order valence-corrected chi connectivity index (χ4v) is 1.18. The highest BCUT2D eigenvalue weighted by molar-refractivity contribution is 5.82. The molecule has 1 rings (SSSR count). The quantitative estimate of drug-likeness (QED) is 0.679. The average molecular weight is 205 g/mol. The van der Waals surface area contributed by atoms with Crippen molar-refractivity contribution < 1.29 is 4.74 Å². The number of hydrogen-bond acceptors (Lipinski definition) is 2. The summed E-state index contributed by atoms with van der Waals surface area (Å²) in [5, 5.41) is 0. The van der Waals surface area contributed by atoms with E-state index in [1.165, 1.54) is 5.56 Å². The van der Waals surface area contributed by atoms with E-state index in [0.717, 1.165) is 11.3 Å². The molecule has 15 heavy (non-hydrogen) atoms. The summed E-state index contributed by atoms with van der Waals surface area (Å²) >= 11 is 0. The topological polar surface area (TPSA) is 21.6 Å². The molecule has 0 heterocycles. The maximum Gasteiger partial charge on any atom is 0.119 e. The van der Waals surface area contributed by atoms with E-state index >= 15 is 0 Å². The summed E-state index contributed by atoms with van der Waals surface area (Å²) in [7, 11) is 1.68. The van der Waals surface area contributed by atoms with Gasteiger partial charge in [0.15, 0.2) is 0 Å². The van der Waals surface area contributed by atoms with Crippen molar-refractivity contribution in [3.8, 4) is 5.75 Å². The first-order chi connectivity index (χ1) is 6.92. The molecule has 0 aliphatic carbocycles. The standard InChI is InChI=1S/C13H19NO/c1-10-8-12(15-5)7-6-11(10)9-14-13(2,3)4/h6-9H,1-5H3. The number of benzene rings is 1. The predicted octanol–water partition coefficient (Wildman–Crippen LogP) is 3.22. The number of rotatable bonds is 2. The van der Waals surface area contributed by atoms with E-state index < -0.39 is 0 Å². The maximum atomic E-state index is 5.15. The van der Waals surface area contributed by atoms with Crippen molar-refractivity contribution in [1.29, 1.82) is 0 Å². The predicted molar refractivity (Wildman–Crippen MR) is 65.1 cm³/mol. The molecule has 0 saturated heterocycles. The first kappa shape index (κ1) is 11.8. The Kier molecular flexibility index (Phi) is 3.51. The molecule has 0 N–H and O–H groups in total. The molecule has 0 amide bonds. The number of hydrogen-bond donors (Lipinski definition) is 0. The highest BCUT2D eigenvalue weighted by Gasteiger charge is 2.05. The zero-order chi connectivity index (χ0) is 11.5. The third-order valence-electron chi connectivity index (χ3n) is 2.07. The van der Waals surface area contributed by atoms with E-state index in [9.17, 15) is 0 Å². The Morgan fingerprint density at radius 1 is 1.27 bits per heavy atom. The van der Waals surface area contributed by atoms with Crippen LogP contribution in [0, 0.1) is 6.92 Å². The molecule has 82 valence electrons. The van der Waals surface area contributed by atoms with Crippen molar-refractivity contribution in [2.24, 2.45) is 4.99 Å². The lowest BCUT2D eigenvalue weighted by atomic mass is 10.1. The van der Waals surface area contributed by atoms with Crippen LogP contribution in [-0.4, -0.2) is 18.9 Å². The largest absolute Gasteiger partial charge is 0.497 e. The fourth-order valence-electron chi connectivity index (χ4n) is 1.18. The highest BCUT2D eigenvalue weighted by Crippen LogP contribution is 2.16. The van der Waals surface area contributed by atoms with Crippen molar-refractivity contribution in [1.82, 2.24) is 0 Å². The van der Waals surface area contributed by atoms with Crippen molar-refractivity contribution in [2.75, 3.05) is 7.11 Å². The molecule has 0 aliphatic rings. The van der Waals surface area contributed by atoms with Crippen LogP contribution in [0.1, 0.15) is 31.9 Å². The van der Waals surface area contributed by atoms with E-state index in [1.54, 1.807) is 7.11 Å². The zero-order valence-electron chi connectivity index (χ0n) is 10.2. The molecular weight excluding hydrogens is 186 g/mol. The minimum atomic E-state index is -0.0215. The monoisotopic (exact) mass is 205 g/mol. The first-order valence-electron chi connectivity index (χ1n) is 5.12. The van der Waals surface area contributed by atoms with Gasteiger partial charge in [0.2, 0.25) is 0 Å². The summed E-state index contributed by atoms with van der Waals surface area (Å²) in [5.41, 5.74) is 2.31. The lowest BCUT2D eigenvalue weighted by molar-refractivity contribution is 0.414. The van der Waals surface area contributed by atoms with Crippen molar-refractivity contribution in [3.05, 3.63) is 29.3 Å². The molecule has 2 nitrogen and oxygen atoms in total. The van der Waals surface area contributed by atoms with Gasteiger partial charge in [-0.25, -0.2) is 0 Å². The van der Waals surface area contributed by atoms with Crippen LogP contribution in [-0.2, 0) is 0 Å². The Bertz CT molecular complexity index is 361. The third-order valence-corrected chi connectivity index (χ3v) is 2.07. The summed E-state index contributed by atoms with van der Waals surface area (Å²) < 4.78 is 5.15. The molecule has 0 spiro atoms. The zero-order valence-corrected chi connectivity index (χ0v) is 10.2. The van der Waals surface area contributed by atoms with Gasteiger partial charge in [0, 0.05) is 6.21 Å². The van der Waals surface area contributed by atoms with Gasteiger partial charge >= 0.3 is 0 Å². The summed E-state index contributed by atoms with van der Waals surface area (Å²) in [6.07, 6.45) is 1.93. The minimum absolute atomic E-state index is 0.0215. The normalized spacial score (nSPS) is 12.1. The Morgan fingerprint density at radius 2 is 1.93 bits per heavy atom. The third kappa shape index (κ3) is 3.74. The van der Waals surface area contributed by atoms with Crippen LogP contribution in [0.5, 0.6) is 5.75 Å². The van der Waals surface area contributed by atoms with E-state index in [4.69, 9.17) is 4.74 Å². The number of aliphatic imine (C=N–C) groups is 1. The minimum Gasteiger partial charge on any atom is -0.497 e. The molecule has 0 bridgehead atoms. The number of methoxy groups -OCH3 is 1. The van der Waals surface area contributed by atoms with Crippen molar-refractivity contribution >= 4 is 6.21 Å². The van der Waals surface area contributed by atoms with E-state index in [0.29, 0.717) is 0 Å². The Balaban J connectivity index is 2.92. The van der Waals surface area contributed by atoms with E-state index in [-0.39, 0.29) is 5.54 Å². The Labute approximate surface area is 92.0 Å². The van der Waals surface area contributed by atoms with Crippen LogP contribution in [0.2, 0.25) is 0 Å². The smallest absolute Gasteiger partial charge is 0.119 e. The van der Waals surface area contributed by atoms with E-state index in [1.807, 2.05) is 24.4 Å². The lowest BCUT2D eigenvalue weighted by Gasteiger charge is -2.11. The SMILES string of the molecule is COc1ccc(C=NC(C)(C)C)c(C)c1. The highest BCUT2D eigenvalue weighted by atomic mass is 16.5. The molecule has 0 fully saturated rings. The second-order valence-corrected chi connectivity index (χ2v) is 4.65. The van der Waals surface area contributed by atoms with Crippen LogP contribution in [0.4, 0.5) is 0 Å². The molecular formula is C13H19NO. The van der Waals surface area contributed by atoms with Crippen molar-refractivity contribution in [3.63, 3.8) is 0 Å². The molecule has 0 aliphatic heterocycles. The van der Waals surface area contributed by atoms with Gasteiger partial charge in [-0.3, -0.25) is 4.99 Å². The van der Waals surface area contributed by atoms with Crippen LogP contribution >= 0.6 is 0 Å². The van der Waals surface area contributed by atoms with Gasteiger partial charge in [-0.05, 0) is 57.0 Å². The van der Waals surface area contributed by atoms with Crippen LogP contribution in [0.25, 0.3) is 0 Å². The molecule has 1 aromatic carbocycles. The Morgan fingerprint density at radius 3 is 2.40 bits per heavy atom. The van der Waals surface area contributed by atoms with Gasteiger partial charge in [0.1, 0.15) is 5.75 Å². The van der Waals surface area contributed by atoms with Crippen LogP contribution in [0.3, 0.4) is 0 Å². The van der Waals surface area contributed by atoms with E-state index in [2.05, 4.69) is 32.7 Å². The number of ether oxygens (including phenoxy) is 1. The van der Waals surface area contributed by atoms with Gasteiger partial charge in [-0.15, -0.1) is 0 Å². The summed E-state index contributed by atoms with van der Waals surface area (Å²) in [6, 6.07) is 6.00. The summed E-state index contributed by atoms with van der Waals surface area (Å²) in [4.78, 5) is 4.48. The van der Waals surface area contributed by atoms with Gasteiger partial charge in [-0.2, -0.15) is 0 Å². The average Bonchev–Trinajstić information content (AvgIpc) is 2.14. The summed E-state index contributed by atoms with van der Waals surface area (Å²) in [5.74, 6) is 0.889. The fraction of sp³-hybridized carbons (Fsp3) is 0.462. The number of nitrogens with zero attached hydrogens (tertiary/aromatic N) is 1. The molecule has 0 aromatic heterocycles. The van der Waals surface area contributed by atoms with Gasteiger partial charge in [-0.1, -0.05) is 0 Å². The van der Waals surface area contributed by atoms with Gasteiger partial charge in [0.25, 0.3) is 0 Å². The number of aryl methyl sites for hydroxylation is 1. The van der Waals surface area contributed by atoms with Crippen LogP contribution in [0.15, 0.2) is 23.2 Å². The lowest BCUT2D eigenvalue weighted by Crippen LogP contribution is -2.09. The maximum absolute atomic E-state index is 5.15. The summed E-state index contributed by atoms with van der Waals surface area (Å²) in [6.45, 7) is 8.32.